The number of rotatable bonds is 4. The summed E-state index contributed by atoms with van der Waals surface area (Å²) >= 11 is 5.95. The van der Waals surface area contributed by atoms with Gasteiger partial charge in [0.1, 0.15) is 6.04 Å². The molecule has 3 rings (SSSR count). The van der Waals surface area contributed by atoms with Crippen molar-refractivity contribution < 1.29 is 22.9 Å². The summed E-state index contributed by atoms with van der Waals surface area (Å²) < 4.78 is 40.6. The summed E-state index contributed by atoms with van der Waals surface area (Å²) in [6.07, 6.45) is -0.538. The fourth-order valence-electron chi connectivity index (χ4n) is 3.51. The summed E-state index contributed by atoms with van der Waals surface area (Å²) in [6, 6.07) is 7.13. The average molecular weight is 387 g/mol. The van der Waals surface area contributed by atoms with E-state index in [2.05, 4.69) is 5.32 Å². The summed E-state index contributed by atoms with van der Waals surface area (Å²) in [7, 11) is 1.97. The molecule has 1 aliphatic rings. The second-order valence-electron chi connectivity index (χ2n) is 6.56. The molecule has 0 radical (unpaired) electrons. The van der Waals surface area contributed by atoms with E-state index in [0.29, 0.717) is 0 Å². The number of hydrogen-bond acceptors (Lipinski definition) is 1. The molecule has 0 aliphatic carbocycles. The van der Waals surface area contributed by atoms with Crippen LogP contribution >= 0.6 is 11.6 Å². The van der Waals surface area contributed by atoms with Crippen molar-refractivity contribution in [2.24, 2.45) is 7.05 Å². The van der Waals surface area contributed by atoms with Crippen molar-refractivity contribution in [3.8, 4) is 0 Å². The van der Waals surface area contributed by atoms with Gasteiger partial charge in [-0.2, -0.15) is 13.2 Å². The molecule has 1 aromatic heterocycles. The van der Waals surface area contributed by atoms with E-state index in [9.17, 15) is 18.0 Å². The lowest BCUT2D eigenvalue weighted by molar-refractivity contribution is -0.910. The molecule has 1 saturated heterocycles. The Hall–Kier alpha value is -1.99. The maximum atomic E-state index is 12.8. The first-order valence-electron chi connectivity index (χ1n) is 8.38. The average Bonchev–Trinajstić information content (AvgIpc) is 3.16. The van der Waals surface area contributed by atoms with Crippen LogP contribution in [-0.4, -0.2) is 23.6 Å². The molecule has 1 unspecified atom stereocenters. The van der Waals surface area contributed by atoms with Crippen LogP contribution < -0.4 is 10.2 Å². The van der Waals surface area contributed by atoms with E-state index in [1.165, 1.54) is 0 Å². The van der Waals surface area contributed by atoms with Gasteiger partial charge in [-0.05, 0) is 30.3 Å². The number of nitrogens with zero attached hydrogens (tertiary/aromatic N) is 1. The number of carbonyl (C=O) groups excluding carboxylic acids is 1. The van der Waals surface area contributed by atoms with Gasteiger partial charge in [-0.15, -0.1) is 0 Å². The third-order valence-corrected chi connectivity index (χ3v) is 5.11. The molecule has 26 heavy (non-hydrogen) atoms. The third-order valence-electron chi connectivity index (χ3n) is 4.78. The first-order valence-corrected chi connectivity index (χ1v) is 8.76. The van der Waals surface area contributed by atoms with Gasteiger partial charge in [-0.1, -0.05) is 11.6 Å². The lowest BCUT2D eigenvalue weighted by Gasteiger charge is -2.22. The Morgan fingerprint density at radius 2 is 2.15 bits per heavy atom. The zero-order valence-electron chi connectivity index (χ0n) is 14.2. The summed E-state index contributed by atoms with van der Waals surface area (Å²) in [5.41, 5.74) is 0.301. The lowest BCUT2D eigenvalue weighted by Crippen LogP contribution is -3.11. The molecule has 0 saturated carbocycles. The highest BCUT2D eigenvalue weighted by molar-refractivity contribution is 6.33. The van der Waals surface area contributed by atoms with Crippen LogP contribution in [0.4, 0.5) is 18.9 Å². The number of quaternary nitrogens is 1. The Morgan fingerprint density at radius 1 is 1.38 bits per heavy atom. The number of alkyl halides is 3. The lowest BCUT2D eigenvalue weighted by atomic mass is 10.1. The van der Waals surface area contributed by atoms with Crippen LogP contribution in [-0.2, 0) is 18.0 Å². The summed E-state index contributed by atoms with van der Waals surface area (Å²) in [5.74, 6) is -0.345. The van der Waals surface area contributed by atoms with Gasteiger partial charge in [-0.25, -0.2) is 0 Å². The molecule has 2 aromatic rings. The minimum absolute atomic E-state index is 0.0134. The van der Waals surface area contributed by atoms with Crippen molar-refractivity contribution in [1.29, 1.82) is 0 Å². The Balaban J connectivity index is 1.70. The molecule has 2 heterocycles. The van der Waals surface area contributed by atoms with Gasteiger partial charge < -0.3 is 14.8 Å². The molecule has 0 bridgehead atoms. The van der Waals surface area contributed by atoms with E-state index >= 15 is 0 Å². The number of likely N-dealkylation sites (tertiary alicyclic amines) is 1. The first kappa shape index (κ1) is 18.8. The Morgan fingerprint density at radius 3 is 2.81 bits per heavy atom. The third kappa shape index (κ3) is 4.04. The van der Waals surface area contributed by atoms with Gasteiger partial charge in [0.15, 0.2) is 6.54 Å². The molecule has 1 aliphatic heterocycles. The fraction of sp³-hybridized carbons (Fsp3) is 0.389. The standard InChI is InChI=1S/C18H19ClF3N3O/c1-24-8-2-4-15(24)16-5-3-9-25(16)11-17(26)23-14-10-12(18(20,21)22)6-7-13(14)19/h2,4,6-8,10,16H,3,5,9,11H2,1H3,(H,23,26)/p+1/t16-/m1/s1. The van der Waals surface area contributed by atoms with Crippen molar-refractivity contribution in [2.75, 3.05) is 18.4 Å². The van der Waals surface area contributed by atoms with Gasteiger partial charge in [0.25, 0.3) is 5.91 Å². The number of nitrogens with one attached hydrogen (secondary N) is 2. The van der Waals surface area contributed by atoms with Gasteiger partial charge in [-0.3, -0.25) is 4.79 Å². The molecule has 8 heteroatoms. The monoisotopic (exact) mass is 386 g/mol. The molecular weight excluding hydrogens is 367 g/mol. The highest BCUT2D eigenvalue weighted by atomic mass is 35.5. The number of benzene rings is 1. The van der Waals surface area contributed by atoms with Crippen molar-refractivity contribution in [2.45, 2.75) is 25.1 Å². The second-order valence-corrected chi connectivity index (χ2v) is 6.97. The topological polar surface area (TPSA) is 38.5 Å². The molecule has 0 spiro atoms. The quantitative estimate of drug-likeness (QED) is 0.832. The number of hydrogen-bond donors (Lipinski definition) is 2. The second kappa shape index (κ2) is 7.32. The number of halogens is 4. The van der Waals surface area contributed by atoms with Crippen LogP contribution in [0.5, 0.6) is 0 Å². The zero-order chi connectivity index (χ0) is 18.9. The van der Waals surface area contributed by atoms with E-state index in [4.69, 9.17) is 11.6 Å². The Bertz CT molecular complexity index is 803. The molecule has 1 aromatic carbocycles. The normalized spacial score (nSPS) is 20.3. The van der Waals surface area contributed by atoms with Crippen LogP contribution in [0, 0.1) is 0 Å². The predicted molar refractivity (Wildman–Crippen MR) is 93.2 cm³/mol. The highest BCUT2D eigenvalue weighted by Gasteiger charge is 2.34. The van der Waals surface area contributed by atoms with Crippen LogP contribution in [0.1, 0.15) is 30.1 Å². The molecule has 1 amide bonds. The zero-order valence-corrected chi connectivity index (χ0v) is 15.0. The Labute approximate surface area is 154 Å². The molecule has 2 atom stereocenters. The predicted octanol–water partition coefficient (Wildman–Crippen LogP) is 3.06. The van der Waals surface area contributed by atoms with Crippen LogP contribution in [0.15, 0.2) is 36.5 Å². The molecule has 1 fully saturated rings. The van der Waals surface area contributed by atoms with Crippen molar-refractivity contribution in [3.05, 3.63) is 52.8 Å². The largest absolute Gasteiger partial charge is 0.416 e. The maximum Gasteiger partial charge on any atom is 0.416 e. The molecular formula is C18H20ClF3N3O+. The highest BCUT2D eigenvalue weighted by Crippen LogP contribution is 2.33. The Kier molecular flexibility index (Phi) is 5.29. The SMILES string of the molecule is Cn1cccc1[C@H]1CCC[NH+]1CC(=O)Nc1cc(C(F)(F)F)ccc1Cl. The number of carbonyl (C=O) groups is 1. The number of amides is 1. The fourth-order valence-corrected chi connectivity index (χ4v) is 3.68. The van der Waals surface area contributed by atoms with E-state index in [0.717, 1.165) is 48.2 Å². The summed E-state index contributed by atoms with van der Waals surface area (Å²) in [5, 5.41) is 2.62. The van der Waals surface area contributed by atoms with Crippen LogP contribution in [0.3, 0.4) is 0 Å². The van der Waals surface area contributed by atoms with Crippen LogP contribution in [0.2, 0.25) is 5.02 Å². The minimum atomic E-state index is -4.48. The molecule has 4 nitrogen and oxygen atoms in total. The van der Waals surface area contributed by atoms with Gasteiger partial charge in [0, 0.05) is 26.1 Å². The van der Waals surface area contributed by atoms with Gasteiger partial charge in [0.05, 0.1) is 28.5 Å². The maximum absolute atomic E-state index is 12.8. The molecule has 2 N–H and O–H groups in total. The number of aromatic nitrogens is 1. The number of aryl methyl sites for hydroxylation is 1. The van der Waals surface area contributed by atoms with E-state index in [-0.39, 0.29) is 29.2 Å². The minimum Gasteiger partial charge on any atom is -0.350 e. The number of anilines is 1. The molecule has 140 valence electrons. The van der Waals surface area contributed by atoms with Crippen LogP contribution in [0.25, 0.3) is 0 Å². The van der Waals surface area contributed by atoms with Crippen molar-refractivity contribution >= 4 is 23.2 Å². The van der Waals surface area contributed by atoms with E-state index in [1.807, 2.05) is 29.9 Å². The van der Waals surface area contributed by atoms with Gasteiger partial charge in [0.2, 0.25) is 0 Å². The first-order chi connectivity index (χ1) is 12.3. The van der Waals surface area contributed by atoms with Crippen molar-refractivity contribution in [1.82, 2.24) is 4.57 Å². The van der Waals surface area contributed by atoms with E-state index < -0.39 is 11.7 Å². The summed E-state index contributed by atoms with van der Waals surface area (Å²) in [6.45, 7) is 1.03. The smallest absolute Gasteiger partial charge is 0.350 e. The van der Waals surface area contributed by atoms with E-state index in [1.54, 1.807) is 0 Å². The van der Waals surface area contributed by atoms with Crippen molar-refractivity contribution in [3.63, 3.8) is 0 Å². The summed E-state index contributed by atoms with van der Waals surface area (Å²) in [4.78, 5) is 13.5. The van der Waals surface area contributed by atoms with Gasteiger partial charge >= 0.3 is 6.18 Å².